The third-order valence-corrected chi connectivity index (χ3v) is 2.12. The zero-order valence-electron chi connectivity index (χ0n) is 5.49. The van der Waals surface area contributed by atoms with Crippen molar-refractivity contribution in [3.63, 3.8) is 0 Å². The van der Waals surface area contributed by atoms with Gasteiger partial charge >= 0.3 is 0 Å². The molecule has 1 nitrogen and oxygen atoms in total. The van der Waals surface area contributed by atoms with Gasteiger partial charge in [0.1, 0.15) is 0 Å². The predicted octanol–water partition coefficient (Wildman–Crippen LogP) is 2.90. The van der Waals surface area contributed by atoms with Gasteiger partial charge in [0.15, 0.2) is 0 Å². The molecule has 0 bridgehead atoms. The molecule has 0 saturated heterocycles. The number of halogens is 2. The molecule has 0 aliphatic carbocycles. The molecular formula is C7H7FIN. The highest BCUT2D eigenvalue weighted by Crippen LogP contribution is 2.18. The fourth-order valence-electron chi connectivity index (χ4n) is 0.697. The van der Waals surface area contributed by atoms with Crippen molar-refractivity contribution < 1.29 is 4.48 Å². The highest BCUT2D eigenvalue weighted by molar-refractivity contribution is 14.1. The first kappa shape index (κ1) is 7.78. The molecule has 1 rings (SSSR count). The van der Waals surface area contributed by atoms with Gasteiger partial charge in [0.2, 0.25) is 0 Å². The van der Waals surface area contributed by atoms with E-state index in [1.54, 1.807) is 11.6 Å². The largest absolute Gasteiger partial charge is 0.223 e. The van der Waals surface area contributed by atoms with E-state index >= 15 is 0 Å². The molecular weight excluding hydrogens is 244 g/mol. The van der Waals surface area contributed by atoms with Crippen molar-refractivity contribution in [3.8, 4) is 0 Å². The van der Waals surface area contributed by atoms with E-state index in [4.69, 9.17) is 0 Å². The lowest BCUT2D eigenvalue weighted by Crippen LogP contribution is -1.86. The van der Waals surface area contributed by atoms with Gasteiger partial charge in [-0.1, -0.05) is 6.07 Å². The maximum atomic E-state index is 11.9. The van der Waals surface area contributed by atoms with Gasteiger partial charge in [-0.15, -0.1) is 4.48 Å². The second-order valence-electron chi connectivity index (χ2n) is 2.08. The lowest BCUT2D eigenvalue weighted by molar-refractivity contribution is 0.617. The van der Waals surface area contributed by atoms with Gasteiger partial charge in [-0.3, -0.25) is 0 Å². The molecule has 54 valence electrons. The van der Waals surface area contributed by atoms with Crippen LogP contribution in [0.5, 0.6) is 0 Å². The number of hydrogen-bond acceptors (Lipinski definition) is 1. The van der Waals surface area contributed by atoms with Gasteiger partial charge in [0.25, 0.3) is 0 Å². The minimum absolute atomic E-state index is 0.534. The summed E-state index contributed by atoms with van der Waals surface area (Å²) in [4.78, 5) is 0. The standard InChI is InChI=1S/C7H7FIN/c1-5-2-3-7(10-8)6(9)4-5/h2-4,10H,1H3. The van der Waals surface area contributed by atoms with Crippen LogP contribution >= 0.6 is 22.6 Å². The van der Waals surface area contributed by atoms with Gasteiger partial charge in [0.05, 0.1) is 5.69 Å². The molecule has 0 spiro atoms. The quantitative estimate of drug-likeness (QED) is 0.597. The summed E-state index contributed by atoms with van der Waals surface area (Å²) in [6, 6.07) is 5.50. The smallest absolute Gasteiger partial charge is 0.0789 e. The first-order valence-electron chi connectivity index (χ1n) is 2.87. The molecule has 1 aromatic carbocycles. The number of benzene rings is 1. The van der Waals surface area contributed by atoms with Gasteiger partial charge in [0, 0.05) is 3.57 Å². The Morgan fingerprint density at radius 2 is 2.20 bits per heavy atom. The molecule has 1 N–H and O–H groups in total. The summed E-state index contributed by atoms with van der Waals surface area (Å²) in [5.74, 6) is 0. The van der Waals surface area contributed by atoms with Crippen molar-refractivity contribution in [2.45, 2.75) is 6.92 Å². The average molecular weight is 251 g/mol. The van der Waals surface area contributed by atoms with Gasteiger partial charge in [-0.05, 0) is 47.2 Å². The van der Waals surface area contributed by atoms with E-state index in [0.717, 1.165) is 9.13 Å². The molecule has 0 aromatic heterocycles. The van der Waals surface area contributed by atoms with Gasteiger partial charge in [-0.25, -0.2) is 5.54 Å². The lowest BCUT2D eigenvalue weighted by atomic mass is 10.2. The summed E-state index contributed by atoms with van der Waals surface area (Å²) in [6.45, 7) is 1.98. The highest BCUT2D eigenvalue weighted by Gasteiger charge is 1.96. The maximum absolute atomic E-state index is 11.9. The predicted molar refractivity (Wildman–Crippen MR) is 48.6 cm³/mol. The Morgan fingerprint density at radius 1 is 1.50 bits per heavy atom. The average Bonchev–Trinajstić information content (AvgIpc) is 1.88. The molecule has 1 aromatic rings. The lowest BCUT2D eigenvalue weighted by Gasteiger charge is -1.99. The molecule has 3 heteroatoms. The van der Waals surface area contributed by atoms with Crippen LogP contribution in [-0.2, 0) is 0 Å². The number of rotatable bonds is 1. The fraction of sp³-hybridized carbons (Fsp3) is 0.143. The Hall–Kier alpha value is -0.320. The van der Waals surface area contributed by atoms with Crippen molar-refractivity contribution in [1.82, 2.24) is 0 Å². The van der Waals surface area contributed by atoms with Crippen LogP contribution in [0.2, 0.25) is 0 Å². The SMILES string of the molecule is Cc1ccc(NF)c(I)c1. The molecule has 0 heterocycles. The van der Waals surface area contributed by atoms with Crippen LogP contribution in [0.3, 0.4) is 0 Å². The van der Waals surface area contributed by atoms with Crippen LogP contribution in [0.25, 0.3) is 0 Å². The first-order valence-corrected chi connectivity index (χ1v) is 3.94. The fourth-order valence-corrected chi connectivity index (χ4v) is 1.47. The molecule has 10 heavy (non-hydrogen) atoms. The molecule has 0 fully saturated rings. The van der Waals surface area contributed by atoms with E-state index in [9.17, 15) is 4.48 Å². The molecule has 0 aliphatic rings. The van der Waals surface area contributed by atoms with Crippen LogP contribution in [-0.4, -0.2) is 0 Å². The van der Waals surface area contributed by atoms with Crippen molar-refractivity contribution in [1.29, 1.82) is 0 Å². The third kappa shape index (κ3) is 1.59. The van der Waals surface area contributed by atoms with Crippen molar-refractivity contribution in [2.24, 2.45) is 0 Å². The van der Waals surface area contributed by atoms with Crippen LogP contribution in [0.4, 0.5) is 10.2 Å². The van der Waals surface area contributed by atoms with E-state index < -0.39 is 0 Å². The van der Waals surface area contributed by atoms with Crippen LogP contribution in [0.1, 0.15) is 5.56 Å². The van der Waals surface area contributed by atoms with Gasteiger partial charge in [-0.2, -0.15) is 0 Å². The Labute approximate surface area is 72.7 Å². The van der Waals surface area contributed by atoms with E-state index in [1.807, 2.05) is 19.1 Å². The van der Waals surface area contributed by atoms with Crippen LogP contribution in [0.15, 0.2) is 18.2 Å². The number of nitrogens with one attached hydrogen (secondary N) is 1. The second kappa shape index (κ2) is 3.18. The zero-order valence-corrected chi connectivity index (χ0v) is 7.65. The summed E-state index contributed by atoms with van der Waals surface area (Å²) in [7, 11) is 0. The van der Waals surface area contributed by atoms with Crippen molar-refractivity contribution >= 4 is 28.3 Å². The van der Waals surface area contributed by atoms with E-state index in [1.165, 1.54) is 0 Å². The van der Waals surface area contributed by atoms with E-state index in [2.05, 4.69) is 22.6 Å². The molecule has 0 radical (unpaired) electrons. The van der Waals surface area contributed by atoms with E-state index in [0.29, 0.717) is 5.69 Å². The molecule has 0 amide bonds. The maximum Gasteiger partial charge on any atom is 0.0789 e. The highest BCUT2D eigenvalue weighted by atomic mass is 127. The van der Waals surface area contributed by atoms with Crippen molar-refractivity contribution in [2.75, 3.05) is 5.54 Å². The molecule has 0 aliphatic heterocycles. The normalized spacial score (nSPS) is 9.50. The Kier molecular flexibility index (Phi) is 2.48. The van der Waals surface area contributed by atoms with Crippen molar-refractivity contribution in [3.05, 3.63) is 27.3 Å². The summed E-state index contributed by atoms with van der Waals surface area (Å²) < 4.78 is 12.8. The van der Waals surface area contributed by atoms with E-state index in [-0.39, 0.29) is 0 Å². The van der Waals surface area contributed by atoms with Crippen LogP contribution < -0.4 is 5.54 Å². The number of anilines is 1. The first-order chi connectivity index (χ1) is 4.74. The second-order valence-corrected chi connectivity index (χ2v) is 3.24. The topological polar surface area (TPSA) is 12.0 Å². The minimum atomic E-state index is 0.534. The minimum Gasteiger partial charge on any atom is -0.223 e. The Morgan fingerprint density at radius 3 is 2.70 bits per heavy atom. The third-order valence-electron chi connectivity index (χ3n) is 1.23. The zero-order chi connectivity index (χ0) is 7.56. The summed E-state index contributed by atoms with van der Waals surface area (Å²) in [5, 5.41) is 0. The molecule has 0 unspecified atom stereocenters. The monoisotopic (exact) mass is 251 g/mol. The molecule has 0 atom stereocenters. The molecule has 0 saturated carbocycles. The summed E-state index contributed by atoms with van der Waals surface area (Å²) in [5.41, 5.74) is 3.29. The number of aryl methyl sites for hydroxylation is 1. The Balaban J connectivity index is 3.07. The summed E-state index contributed by atoms with van der Waals surface area (Å²) >= 11 is 2.08. The summed E-state index contributed by atoms with van der Waals surface area (Å²) in [6.07, 6.45) is 0. The Bertz CT molecular complexity index is 237. The van der Waals surface area contributed by atoms with Gasteiger partial charge < -0.3 is 0 Å². The number of hydrogen-bond donors (Lipinski definition) is 1. The van der Waals surface area contributed by atoms with Crippen LogP contribution in [0, 0.1) is 10.5 Å².